The highest BCUT2D eigenvalue weighted by atomic mass is 35.5. The average Bonchev–Trinajstić information content (AvgIpc) is 3.47. The monoisotopic (exact) mass is 602 g/mol. The maximum atomic E-state index is 13.7. The van der Waals surface area contributed by atoms with Gasteiger partial charge in [0.2, 0.25) is 11.8 Å². The maximum absolute atomic E-state index is 13.7. The standard InChI is InChI=1S/C36H31ClN4O3/c1-22-10-9-11-23(2)35(22)39-31(42)18-19-32(43)41-30(24-12-5-3-6-13-24)21-29(40-41)34-33(25-14-7-4-8-15-25)27-20-26(37)16-17-28(27)38-36(34)44/h3-17,20,30H,18-19,21H2,1-2H3,(H,38,44)(H,39,42)/t30-/m0/s1. The molecule has 0 aliphatic carbocycles. The number of hydrogen-bond donors (Lipinski definition) is 2. The number of hydrogen-bond acceptors (Lipinski definition) is 4. The zero-order valence-electron chi connectivity index (χ0n) is 24.4. The van der Waals surface area contributed by atoms with Gasteiger partial charge in [-0.15, -0.1) is 0 Å². The van der Waals surface area contributed by atoms with Crippen LogP contribution < -0.4 is 10.9 Å². The Labute approximate surface area is 260 Å². The van der Waals surface area contributed by atoms with E-state index in [4.69, 9.17) is 16.7 Å². The Hall–Kier alpha value is -5.01. The lowest BCUT2D eigenvalue weighted by atomic mass is 9.91. The molecule has 44 heavy (non-hydrogen) atoms. The fraction of sp³-hybridized carbons (Fsp3) is 0.167. The number of aromatic amines is 1. The minimum Gasteiger partial charge on any atom is -0.326 e. The number of amides is 2. The molecule has 2 heterocycles. The van der Waals surface area contributed by atoms with Crippen LogP contribution in [0.4, 0.5) is 5.69 Å². The van der Waals surface area contributed by atoms with Gasteiger partial charge in [-0.25, -0.2) is 5.01 Å². The molecule has 1 aliphatic heterocycles. The number of halogens is 1. The van der Waals surface area contributed by atoms with Crippen LogP contribution in [0.3, 0.4) is 0 Å². The van der Waals surface area contributed by atoms with Gasteiger partial charge >= 0.3 is 0 Å². The number of H-pyrrole nitrogens is 1. The van der Waals surface area contributed by atoms with Crippen LogP contribution in [0.2, 0.25) is 5.02 Å². The smallest absolute Gasteiger partial charge is 0.258 e. The second-order valence-corrected chi connectivity index (χ2v) is 11.4. The van der Waals surface area contributed by atoms with Crippen molar-refractivity contribution in [2.24, 2.45) is 5.10 Å². The van der Waals surface area contributed by atoms with E-state index < -0.39 is 6.04 Å². The van der Waals surface area contributed by atoms with Crippen LogP contribution in [0.5, 0.6) is 0 Å². The summed E-state index contributed by atoms with van der Waals surface area (Å²) in [5.41, 5.74) is 6.36. The summed E-state index contributed by atoms with van der Waals surface area (Å²) in [4.78, 5) is 43.4. The highest BCUT2D eigenvalue weighted by Gasteiger charge is 2.35. The minimum atomic E-state index is -0.432. The van der Waals surface area contributed by atoms with E-state index in [1.807, 2.05) is 98.8 Å². The van der Waals surface area contributed by atoms with Gasteiger partial charge < -0.3 is 10.3 Å². The zero-order chi connectivity index (χ0) is 30.8. The Morgan fingerprint density at radius 1 is 0.886 bits per heavy atom. The fourth-order valence-corrected chi connectivity index (χ4v) is 5.99. The summed E-state index contributed by atoms with van der Waals surface area (Å²) in [6.45, 7) is 3.87. The second kappa shape index (κ2) is 12.3. The molecule has 0 saturated heterocycles. The van der Waals surface area contributed by atoms with Gasteiger partial charge in [0, 0.05) is 46.4 Å². The third-order valence-electron chi connectivity index (χ3n) is 7.99. The molecule has 0 unspecified atom stereocenters. The lowest BCUT2D eigenvalue weighted by molar-refractivity contribution is -0.134. The van der Waals surface area contributed by atoms with Crippen LogP contribution in [-0.2, 0) is 9.59 Å². The average molecular weight is 603 g/mol. The van der Waals surface area contributed by atoms with Gasteiger partial charge in [0.15, 0.2) is 0 Å². The molecule has 1 aliphatic rings. The fourth-order valence-electron chi connectivity index (χ4n) is 5.82. The molecular weight excluding hydrogens is 572 g/mol. The molecule has 4 aromatic carbocycles. The van der Waals surface area contributed by atoms with Gasteiger partial charge in [-0.3, -0.25) is 14.4 Å². The molecular formula is C36H31ClN4O3. The largest absolute Gasteiger partial charge is 0.326 e. The molecule has 1 aromatic heterocycles. The Morgan fingerprint density at radius 3 is 2.27 bits per heavy atom. The maximum Gasteiger partial charge on any atom is 0.258 e. The molecule has 0 spiro atoms. The number of benzene rings is 4. The van der Waals surface area contributed by atoms with Gasteiger partial charge in [0.25, 0.3) is 5.56 Å². The molecule has 0 saturated carbocycles. The lowest BCUT2D eigenvalue weighted by Gasteiger charge is -2.22. The number of fused-ring (bicyclic) bond motifs is 1. The number of aromatic nitrogens is 1. The number of rotatable bonds is 7. The number of anilines is 1. The van der Waals surface area contributed by atoms with Crippen molar-refractivity contribution < 1.29 is 9.59 Å². The van der Waals surface area contributed by atoms with Crippen molar-refractivity contribution in [3.63, 3.8) is 0 Å². The van der Waals surface area contributed by atoms with E-state index in [2.05, 4.69) is 10.3 Å². The molecule has 220 valence electrons. The van der Waals surface area contributed by atoms with Gasteiger partial charge in [-0.05, 0) is 54.3 Å². The molecule has 0 bridgehead atoms. The summed E-state index contributed by atoms with van der Waals surface area (Å²) < 4.78 is 0. The highest BCUT2D eigenvalue weighted by molar-refractivity contribution is 6.31. The number of aryl methyl sites for hydroxylation is 2. The summed E-state index contributed by atoms with van der Waals surface area (Å²) >= 11 is 6.42. The number of nitrogens with zero attached hydrogens (tertiary/aromatic N) is 2. The first-order chi connectivity index (χ1) is 21.3. The van der Waals surface area contributed by atoms with E-state index in [1.165, 1.54) is 5.01 Å². The van der Waals surface area contributed by atoms with Crippen LogP contribution in [0, 0.1) is 13.8 Å². The van der Waals surface area contributed by atoms with Gasteiger partial charge in [0.05, 0.1) is 17.3 Å². The van der Waals surface area contributed by atoms with Crippen LogP contribution in [0.25, 0.3) is 22.0 Å². The summed E-state index contributed by atoms with van der Waals surface area (Å²) in [6, 6.07) is 30.0. The molecule has 5 aromatic rings. The highest BCUT2D eigenvalue weighted by Crippen LogP contribution is 2.37. The number of pyridine rings is 1. The predicted molar refractivity (Wildman–Crippen MR) is 176 cm³/mol. The normalized spacial score (nSPS) is 14.5. The zero-order valence-corrected chi connectivity index (χ0v) is 25.2. The summed E-state index contributed by atoms with van der Waals surface area (Å²) in [7, 11) is 0. The summed E-state index contributed by atoms with van der Waals surface area (Å²) in [5.74, 6) is -0.545. The van der Waals surface area contributed by atoms with Crippen molar-refractivity contribution in [1.82, 2.24) is 9.99 Å². The summed E-state index contributed by atoms with van der Waals surface area (Å²) in [6.07, 6.45) is 0.297. The van der Waals surface area contributed by atoms with Crippen molar-refractivity contribution in [2.45, 2.75) is 39.2 Å². The molecule has 2 amide bonds. The van der Waals surface area contributed by atoms with Crippen molar-refractivity contribution >= 4 is 45.7 Å². The summed E-state index contributed by atoms with van der Waals surface area (Å²) in [5, 5.41) is 10.5. The van der Waals surface area contributed by atoms with E-state index in [0.29, 0.717) is 33.8 Å². The first-order valence-electron chi connectivity index (χ1n) is 14.5. The first kappa shape index (κ1) is 29.1. The molecule has 7 nitrogen and oxygen atoms in total. The van der Waals surface area contributed by atoms with E-state index in [-0.39, 0.29) is 30.2 Å². The van der Waals surface area contributed by atoms with E-state index in [1.54, 1.807) is 12.1 Å². The van der Waals surface area contributed by atoms with Crippen LogP contribution in [0.1, 0.15) is 47.6 Å². The Kier molecular flexibility index (Phi) is 8.13. The van der Waals surface area contributed by atoms with Crippen LogP contribution in [-0.4, -0.2) is 27.5 Å². The molecule has 1 atom stereocenters. The quantitative estimate of drug-likeness (QED) is 0.201. The number of nitrogens with one attached hydrogen (secondary N) is 2. The molecule has 6 rings (SSSR count). The second-order valence-electron chi connectivity index (χ2n) is 11.0. The third-order valence-corrected chi connectivity index (χ3v) is 8.22. The number of carbonyl (C=O) groups is 2. The lowest BCUT2D eigenvalue weighted by Crippen LogP contribution is -2.28. The van der Waals surface area contributed by atoms with Crippen molar-refractivity contribution in [2.75, 3.05) is 5.32 Å². The first-order valence-corrected chi connectivity index (χ1v) is 14.9. The molecule has 2 N–H and O–H groups in total. The van der Waals surface area contributed by atoms with Gasteiger partial charge in [-0.2, -0.15) is 5.10 Å². The van der Waals surface area contributed by atoms with Crippen molar-refractivity contribution in [3.8, 4) is 11.1 Å². The third kappa shape index (κ3) is 5.79. The van der Waals surface area contributed by atoms with E-state index >= 15 is 0 Å². The van der Waals surface area contributed by atoms with Crippen LogP contribution >= 0.6 is 11.6 Å². The molecule has 0 fully saturated rings. The van der Waals surface area contributed by atoms with Crippen molar-refractivity contribution in [1.29, 1.82) is 0 Å². The number of hydrazone groups is 1. The van der Waals surface area contributed by atoms with E-state index in [0.717, 1.165) is 33.3 Å². The van der Waals surface area contributed by atoms with Crippen molar-refractivity contribution in [3.05, 3.63) is 135 Å². The minimum absolute atomic E-state index is 0.000205. The molecule has 8 heteroatoms. The SMILES string of the molecule is Cc1cccc(C)c1NC(=O)CCC(=O)N1N=C(c2c(-c3ccccc3)c3cc(Cl)ccc3[nH]c2=O)C[C@H]1c1ccccc1. The Balaban J connectivity index is 1.37. The van der Waals surface area contributed by atoms with Crippen LogP contribution in [0.15, 0.2) is 107 Å². The predicted octanol–water partition coefficient (Wildman–Crippen LogP) is 7.56. The number of para-hydroxylation sites is 1. The topological polar surface area (TPSA) is 94.6 Å². The van der Waals surface area contributed by atoms with Gasteiger partial charge in [0.1, 0.15) is 0 Å². The van der Waals surface area contributed by atoms with Gasteiger partial charge in [-0.1, -0.05) is 90.5 Å². The Bertz CT molecular complexity index is 1950. The van der Waals surface area contributed by atoms with E-state index in [9.17, 15) is 14.4 Å². The molecule has 0 radical (unpaired) electrons. The number of carbonyl (C=O) groups excluding carboxylic acids is 2. The Morgan fingerprint density at radius 2 is 1.57 bits per heavy atom.